The van der Waals surface area contributed by atoms with E-state index >= 15 is 0 Å². The molecule has 1 heterocycles. The summed E-state index contributed by atoms with van der Waals surface area (Å²) < 4.78 is 5.80. The molecule has 1 aliphatic heterocycles. The number of benzene rings is 1. The number of imide groups is 1. The monoisotopic (exact) mass is 343 g/mol. The molecule has 19 heavy (non-hydrogen) atoms. The Hall–Kier alpha value is -1.01. The van der Waals surface area contributed by atoms with E-state index in [1.54, 1.807) is 11.8 Å². The topological polar surface area (TPSA) is 46.6 Å². The molecule has 4 nitrogen and oxygen atoms in total. The van der Waals surface area contributed by atoms with Crippen LogP contribution in [0.3, 0.4) is 0 Å². The first-order valence-electron chi connectivity index (χ1n) is 5.94. The number of carbonyl (C=O) groups is 2. The summed E-state index contributed by atoms with van der Waals surface area (Å²) >= 11 is 4.98. The maximum atomic E-state index is 12.0. The lowest BCUT2D eigenvalue weighted by atomic mass is 10.2. The third-order valence-corrected chi connectivity index (χ3v) is 4.56. The van der Waals surface area contributed by atoms with Crippen LogP contribution in [-0.4, -0.2) is 35.8 Å². The molecule has 0 unspecified atom stereocenters. The number of thioether (sulfide) groups is 1. The minimum Gasteiger partial charge on any atom is -0.447 e. The van der Waals surface area contributed by atoms with Gasteiger partial charge in [-0.1, -0.05) is 22.9 Å². The van der Waals surface area contributed by atoms with Gasteiger partial charge in [0.25, 0.3) is 0 Å². The summed E-state index contributed by atoms with van der Waals surface area (Å²) in [5, 5.41) is 0. The zero-order valence-electron chi connectivity index (χ0n) is 10.5. The first-order chi connectivity index (χ1) is 9.08. The van der Waals surface area contributed by atoms with Crippen LogP contribution >= 0.6 is 27.7 Å². The van der Waals surface area contributed by atoms with E-state index in [1.807, 2.05) is 31.2 Å². The Bertz CT molecular complexity index is 477. The van der Waals surface area contributed by atoms with Gasteiger partial charge >= 0.3 is 6.09 Å². The van der Waals surface area contributed by atoms with Crippen LogP contribution in [0.25, 0.3) is 0 Å². The average molecular weight is 344 g/mol. The van der Waals surface area contributed by atoms with Crippen LogP contribution in [0.15, 0.2) is 33.6 Å². The number of amides is 2. The van der Waals surface area contributed by atoms with Crippen LogP contribution in [0, 0.1) is 5.92 Å². The molecule has 1 aromatic carbocycles. The molecule has 2 rings (SSSR count). The molecule has 0 aromatic heterocycles. The van der Waals surface area contributed by atoms with E-state index < -0.39 is 6.09 Å². The molecular weight excluding hydrogens is 330 g/mol. The number of carbonyl (C=O) groups excluding carboxylic acids is 2. The van der Waals surface area contributed by atoms with E-state index in [4.69, 9.17) is 4.74 Å². The molecule has 1 aliphatic rings. The fourth-order valence-corrected chi connectivity index (χ4v) is 2.86. The van der Waals surface area contributed by atoms with Gasteiger partial charge in [0, 0.05) is 21.0 Å². The molecule has 2 amide bonds. The first kappa shape index (κ1) is 14.4. The molecule has 0 bridgehead atoms. The van der Waals surface area contributed by atoms with Gasteiger partial charge in [0.15, 0.2) is 0 Å². The van der Waals surface area contributed by atoms with E-state index in [1.165, 1.54) is 4.90 Å². The molecule has 1 aromatic rings. The van der Waals surface area contributed by atoms with Gasteiger partial charge in [0.2, 0.25) is 5.91 Å². The Kier molecular flexibility index (Phi) is 4.87. The Morgan fingerprint density at radius 2 is 2.16 bits per heavy atom. The quantitative estimate of drug-likeness (QED) is 0.788. The second-order valence-electron chi connectivity index (χ2n) is 4.27. The van der Waals surface area contributed by atoms with Crippen molar-refractivity contribution in [3.8, 4) is 0 Å². The molecule has 1 atom stereocenters. The Labute approximate surface area is 124 Å². The van der Waals surface area contributed by atoms with Gasteiger partial charge < -0.3 is 4.74 Å². The zero-order valence-corrected chi connectivity index (χ0v) is 12.9. The Morgan fingerprint density at radius 3 is 2.74 bits per heavy atom. The van der Waals surface area contributed by atoms with Crippen molar-refractivity contribution < 1.29 is 14.3 Å². The maximum Gasteiger partial charge on any atom is 0.416 e. The summed E-state index contributed by atoms with van der Waals surface area (Å²) in [6.07, 6.45) is -0.523. The Balaban J connectivity index is 1.87. The van der Waals surface area contributed by atoms with Crippen LogP contribution in [0.1, 0.15) is 6.92 Å². The van der Waals surface area contributed by atoms with Gasteiger partial charge in [-0.05, 0) is 24.3 Å². The lowest BCUT2D eigenvalue weighted by Crippen LogP contribution is -2.36. The molecule has 0 spiro atoms. The van der Waals surface area contributed by atoms with Crippen molar-refractivity contribution in [2.24, 2.45) is 5.92 Å². The highest BCUT2D eigenvalue weighted by molar-refractivity contribution is 9.10. The second kappa shape index (κ2) is 6.43. The molecule has 1 saturated heterocycles. The SMILES string of the molecule is C[C@@H](CSc1ccc(Br)cc1)C(=O)N1CCOC1=O. The van der Waals surface area contributed by atoms with E-state index in [2.05, 4.69) is 15.9 Å². The summed E-state index contributed by atoms with van der Waals surface area (Å²) in [5.41, 5.74) is 0. The fourth-order valence-electron chi connectivity index (χ4n) is 1.68. The highest BCUT2D eigenvalue weighted by Crippen LogP contribution is 2.23. The molecule has 0 saturated carbocycles. The maximum absolute atomic E-state index is 12.0. The first-order valence-corrected chi connectivity index (χ1v) is 7.72. The lowest BCUT2D eigenvalue weighted by Gasteiger charge is -2.16. The molecule has 0 radical (unpaired) electrons. The number of rotatable bonds is 4. The molecular formula is C13H14BrNO3S. The minimum atomic E-state index is -0.523. The third-order valence-electron chi connectivity index (χ3n) is 2.76. The normalized spacial score (nSPS) is 16.3. The molecule has 6 heteroatoms. The van der Waals surface area contributed by atoms with Crippen molar-refractivity contribution in [2.75, 3.05) is 18.9 Å². The zero-order chi connectivity index (χ0) is 13.8. The smallest absolute Gasteiger partial charge is 0.416 e. The summed E-state index contributed by atoms with van der Waals surface area (Å²) in [6, 6.07) is 7.92. The lowest BCUT2D eigenvalue weighted by molar-refractivity contribution is -0.130. The van der Waals surface area contributed by atoms with Crippen LogP contribution in [0.5, 0.6) is 0 Å². The van der Waals surface area contributed by atoms with Gasteiger partial charge in [-0.25, -0.2) is 9.69 Å². The van der Waals surface area contributed by atoms with Crippen molar-refractivity contribution in [3.63, 3.8) is 0 Å². The summed E-state index contributed by atoms with van der Waals surface area (Å²) in [7, 11) is 0. The molecule has 1 fully saturated rings. The van der Waals surface area contributed by atoms with Gasteiger partial charge in [-0.2, -0.15) is 0 Å². The number of hydrogen-bond donors (Lipinski definition) is 0. The third kappa shape index (κ3) is 3.73. The predicted octanol–water partition coefficient (Wildman–Crippen LogP) is 3.16. The Morgan fingerprint density at radius 1 is 1.47 bits per heavy atom. The van der Waals surface area contributed by atoms with E-state index in [0.717, 1.165) is 9.37 Å². The molecule has 0 aliphatic carbocycles. The van der Waals surface area contributed by atoms with E-state index in [-0.39, 0.29) is 11.8 Å². The number of hydrogen-bond acceptors (Lipinski definition) is 4. The summed E-state index contributed by atoms with van der Waals surface area (Å²) in [4.78, 5) is 25.6. The largest absolute Gasteiger partial charge is 0.447 e. The van der Waals surface area contributed by atoms with Crippen LogP contribution in [-0.2, 0) is 9.53 Å². The minimum absolute atomic E-state index is 0.160. The van der Waals surface area contributed by atoms with Gasteiger partial charge in [0.05, 0.1) is 6.54 Å². The highest BCUT2D eigenvalue weighted by atomic mass is 79.9. The van der Waals surface area contributed by atoms with E-state index in [0.29, 0.717) is 18.9 Å². The van der Waals surface area contributed by atoms with Crippen molar-refractivity contribution in [2.45, 2.75) is 11.8 Å². The molecule has 102 valence electrons. The van der Waals surface area contributed by atoms with Crippen molar-refractivity contribution in [1.29, 1.82) is 0 Å². The standard InChI is InChI=1S/C13H14BrNO3S/c1-9(12(16)15-6-7-18-13(15)17)8-19-11-4-2-10(14)3-5-11/h2-5,9H,6-8H2,1H3/t9-/m0/s1. The number of cyclic esters (lactones) is 1. The number of ether oxygens (including phenoxy) is 1. The second-order valence-corrected chi connectivity index (χ2v) is 6.28. The van der Waals surface area contributed by atoms with Gasteiger partial charge in [-0.15, -0.1) is 11.8 Å². The summed E-state index contributed by atoms with van der Waals surface area (Å²) in [6.45, 7) is 2.50. The van der Waals surface area contributed by atoms with Gasteiger partial charge in [0.1, 0.15) is 6.61 Å². The van der Waals surface area contributed by atoms with Crippen molar-refractivity contribution in [1.82, 2.24) is 4.90 Å². The number of nitrogens with zero attached hydrogens (tertiary/aromatic N) is 1. The highest BCUT2D eigenvalue weighted by Gasteiger charge is 2.31. The van der Waals surface area contributed by atoms with Gasteiger partial charge in [-0.3, -0.25) is 4.79 Å². The van der Waals surface area contributed by atoms with E-state index in [9.17, 15) is 9.59 Å². The summed E-state index contributed by atoms with van der Waals surface area (Å²) in [5.74, 6) is 0.274. The van der Waals surface area contributed by atoms with Crippen molar-refractivity contribution >= 4 is 39.7 Å². The molecule has 0 N–H and O–H groups in total. The number of halogens is 1. The van der Waals surface area contributed by atoms with Crippen LogP contribution in [0.2, 0.25) is 0 Å². The fraction of sp³-hybridized carbons (Fsp3) is 0.385. The van der Waals surface area contributed by atoms with Crippen LogP contribution < -0.4 is 0 Å². The average Bonchev–Trinajstić information content (AvgIpc) is 2.83. The van der Waals surface area contributed by atoms with Crippen molar-refractivity contribution in [3.05, 3.63) is 28.7 Å². The van der Waals surface area contributed by atoms with Crippen LogP contribution in [0.4, 0.5) is 4.79 Å². The predicted molar refractivity (Wildman–Crippen MR) is 77.1 cm³/mol.